The molecule has 0 aromatic heterocycles. The molecule has 15 heavy (non-hydrogen) atoms. The second-order valence-corrected chi connectivity index (χ2v) is 5.46. The van der Waals surface area contributed by atoms with Gasteiger partial charge in [0.05, 0.1) is 6.10 Å². The van der Waals surface area contributed by atoms with Crippen LogP contribution in [0.1, 0.15) is 25.7 Å². The Kier molecular flexibility index (Phi) is 2.71. The highest BCUT2D eigenvalue weighted by molar-refractivity contribution is 4.98. The highest BCUT2D eigenvalue weighted by Gasteiger charge is 2.44. The Morgan fingerprint density at radius 1 is 1.07 bits per heavy atom. The van der Waals surface area contributed by atoms with Gasteiger partial charge in [-0.05, 0) is 63.7 Å². The van der Waals surface area contributed by atoms with Crippen molar-refractivity contribution in [2.24, 2.45) is 11.8 Å². The van der Waals surface area contributed by atoms with Crippen LogP contribution in [0.25, 0.3) is 0 Å². The first-order valence-corrected chi connectivity index (χ1v) is 6.49. The minimum atomic E-state index is -0.0441. The summed E-state index contributed by atoms with van der Waals surface area (Å²) in [6.45, 7) is 4.74. The van der Waals surface area contributed by atoms with Crippen LogP contribution in [0.4, 0.5) is 0 Å². The topological polar surface area (TPSA) is 35.5 Å². The van der Waals surface area contributed by atoms with Crippen LogP contribution < -0.4 is 5.32 Å². The lowest BCUT2D eigenvalue weighted by atomic mass is 9.74. The predicted molar refractivity (Wildman–Crippen MR) is 59.7 cm³/mol. The van der Waals surface area contributed by atoms with Crippen molar-refractivity contribution >= 4 is 0 Å². The number of rotatable bonds is 1. The Labute approximate surface area is 91.8 Å². The molecule has 0 aliphatic carbocycles. The van der Waals surface area contributed by atoms with Crippen molar-refractivity contribution in [3.63, 3.8) is 0 Å². The first kappa shape index (κ1) is 10.1. The monoisotopic (exact) mass is 210 g/mol. The van der Waals surface area contributed by atoms with Crippen LogP contribution in [0.5, 0.6) is 0 Å². The summed E-state index contributed by atoms with van der Waals surface area (Å²) < 4.78 is 0. The normalized spacial score (nSPS) is 50.6. The van der Waals surface area contributed by atoms with Gasteiger partial charge in [-0.1, -0.05) is 0 Å². The summed E-state index contributed by atoms with van der Waals surface area (Å²) in [7, 11) is 0. The van der Waals surface area contributed by atoms with Gasteiger partial charge in [0, 0.05) is 6.04 Å². The molecule has 3 unspecified atom stereocenters. The molecule has 0 saturated carbocycles. The maximum atomic E-state index is 10.3. The molecule has 0 amide bonds. The molecule has 4 aliphatic heterocycles. The largest absolute Gasteiger partial charge is 0.391 e. The van der Waals surface area contributed by atoms with Crippen molar-refractivity contribution < 1.29 is 5.11 Å². The number of hydrogen-bond acceptors (Lipinski definition) is 3. The molecule has 4 heterocycles. The zero-order valence-corrected chi connectivity index (χ0v) is 9.36. The fourth-order valence-electron chi connectivity index (χ4n) is 3.80. The van der Waals surface area contributed by atoms with Gasteiger partial charge in [0.25, 0.3) is 0 Å². The van der Waals surface area contributed by atoms with Crippen LogP contribution in [0.3, 0.4) is 0 Å². The highest BCUT2D eigenvalue weighted by atomic mass is 16.3. The summed E-state index contributed by atoms with van der Waals surface area (Å²) in [6.07, 6.45) is 4.98. The van der Waals surface area contributed by atoms with Gasteiger partial charge in [0.1, 0.15) is 0 Å². The summed E-state index contributed by atoms with van der Waals surface area (Å²) in [5, 5.41) is 13.8. The number of piperidine rings is 4. The quantitative estimate of drug-likeness (QED) is 0.659. The molecule has 0 aromatic carbocycles. The molecule has 4 rings (SSSR count). The van der Waals surface area contributed by atoms with E-state index in [4.69, 9.17) is 0 Å². The average molecular weight is 210 g/mol. The molecular weight excluding hydrogens is 188 g/mol. The third kappa shape index (κ3) is 1.71. The smallest absolute Gasteiger partial charge is 0.0727 e. The third-order valence-corrected chi connectivity index (χ3v) is 4.65. The Bertz CT molecular complexity index is 218. The van der Waals surface area contributed by atoms with Crippen LogP contribution in [-0.4, -0.2) is 48.3 Å². The van der Waals surface area contributed by atoms with Crippen LogP contribution in [0.15, 0.2) is 0 Å². The SMILES string of the molecule is OC1C2CCN(CC2)C1C1CCCNC1. The molecule has 2 bridgehead atoms. The van der Waals surface area contributed by atoms with Gasteiger partial charge in [0.2, 0.25) is 0 Å². The predicted octanol–water partition coefficient (Wildman–Crippen LogP) is 0.441. The van der Waals surface area contributed by atoms with Gasteiger partial charge in [0.15, 0.2) is 0 Å². The zero-order chi connectivity index (χ0) is 10.3. The van der Waals surface area contributed by atoms with E-state index in [-0.39, 0.29) is 6.10 Å². The fraction of sp³-hybridized carbons (Fsp3) is 1.00. The number of nitrogens with one attached hydrogen (secondary N) is 1. The number of hydrogen-bond donors (Lipinski definition) is 2. The van der Waals surface area contributed by atoms with Crippen LogP contribution in [0.2, 0.25) is 0 Å². The summed E-state index contributed by atoms with van der Waals surface area (Å²) in [4.78, 5) is 2.54. The fourth-order valence-corrected chi connectivity index (χ4v) is 3.80. The standard InChI is InChI=1S/C12H22N2O/c15-12-9-3-6-14(7-4-9)11(12)10-2-1-5-13-8-10/h9-13,15H,1-8H2. The maximum absolute atomic E-state index is 10.3. The van der Waals surface area contributed by atoms with E-state index in [0.717, 1.165) is 6.54 Å². The lowest BCUT2D eigenvalue weighted by molar-refractivity contribution is -0.0959. The van der Waals surface area contributed by atoms with Crippen molar-refractivity contribution in [1.82, 2.24) is 10.2 Å². The molecule has 4 fully saturated rings. The molecule has 0 radical (unpaired) electrons. The second-order valence-electron chi connectivity index (χ2n) is 5.46. The van der Waals surface area contributed by atoms with E-state index >= 15 is 0 Å². The van der Waals surface area contributed by atoms with Gasteiger partial charge in [-0.25, -0.2) is 0 Å². The molecule has 4 aliphatic rings. The van der Waals surface area contributed by atoms with Crippen LogP contribution in [-0.2, 0) is 0 Å². The molecule has 86 valence electrons. The van der Waals surface area contributed by atoms with Gasteiger partial charge in [-0.3, -0.25) is 4.90 Å². The Morgan fingerprint density at radius 3 is 2.47 bits per heavy atom. The zero-order valence-electron chi connectivity index (χ0n) is 9.36. The van der Waals surface area contributed by atoms with Gasteiger partial charge in [-0.2, -0.15) is 0 Å². The van der Waals surface area contributed by atoms with E-state index in [2.05, 4.69) is 10.2 Å². The first-order chi connectivity index (χ1) is 7.36. The van der Waals surface area contributed by atoms with Gasteiger partial charge in [-0.15, -0.1) is 0 Å². The Balaban J connectivity index is 1.73. The second kappa shape index (κ2) is 4.04. The van der Waals surface area contributed by atoms with Gasteiger partial charge < -0.3 is 10.4 Å². The van der Waals surface area contributed by atoms with E-state index in [9.17, 15) is 5.11 Å². The minimum absolute atomic E-state index is 0.0441. The molecule has 4 saturated heterocycles. The van der Waals surface area contributed by atoms with E-state index < -0.39 is 0 Å². The molecule has 3 nitrogen and oxygen atoms in total. The van der Waals surface area contributed by atoms with Gasteiger partial charge >= 0.3 is 0 Å². The van der Waals surface area contributed by atoms with Crippen LogP contribution >= 0.6 is 0 Å². The molecule has 2 N–H and O–H groups in total. The molecule has 0 spiro atoms. The summed E-state index contributed by atoms with van der Waals surface area (Å²) in [6, 6.07) is 0.463. The van der Waals surface area contributed by atoms with Crippen molar-refractivity contribution in [1.29, 1.82) is 0 Å². The number of aliphatic hydroxyl groups excluding tert-OH is 1. The van der Waals surface area contributed by atoms with E-state index in [0.29, 0.717) is 17.9 Å². The lowest BCUT2D eigenvalue weighted by Crippen LogP contribution is -2.62. The molecule has 3 heteroatoms. The Morgan fingerprint density at radius 2 is 1.87 bits per heavy atom. The molecule has 3 atom stereocenters. The first-order valence-electron chi connectivity index (χ1n) is 6.49. The number of aliphatic hydroxyl groups is 1. The third-order valence-electron chi connectivity index (χ3n) is 4.65. The average Bonchev–Trinajstić information content (AvgIpc) is 2.31. The molecule has 0 aromatic rings. The minimum Gasteiger partial charge on any atom is -0.391 e. The summed E-state index contributed by atoms with van der Waals surface area (Å²) in [5.74, 6) is 1.29. The summed E-state index contributed by atoms with van der Waals surface area (Å²) in [5.41, 5.74) is 0. The number of fused-ring (bicyclic) bond motifs is 3. The van der Waals surface area contributed by atoms with E-state index in [1.54, 1.807) is 0 Å². The maximum Gasteiger partial charge on any atom is 0.0727 e. The Hall–Kier alpha value is -0.120. The lowest BCUT2D eigenvalue weighted by Gasteiger charge is -2.52. The van der Waals surface area contributed by atoms with Crippen molar-refractivity contribution in [3.05, 3.63) is 0 Å². The molecular formula is C12H22N2O. The van der Waals surface area contributed by atoms with Crippen molar-refractivity contribution in [3.8, 4) is 0 Å². The summed E-state index contributed by atoms with van der Waals surface area (Å²) >= 11 is 0. The van der Waals surface area contributed by atoms with Crippen LogP contribution in [0, 0.1) is 11.8 Å². The number of nitrogens with zero attached hydrogens (tertiary/aromatic N) is 1. The van der Waals surface area contributed by atoms with E-state index in [1.807, 2.05) is 0 Å². The van der Waals surface area contributed by atoms with E-state index in [1.165, 1.54) is 45.3 Å². The van der Waals surface area contributed by atoms with Crippen molar-refractivity contribution in [2.45, 2.75) is 37.8 Å². The van der Waals surface area contributed by atoms with Crippen molar-refractivity contribution in [2.75, 3.05) is 26.2 Å². The highest BCUT2D eigenvalue weighted by Crippen LogP contribution is 2.37.